The molecule has 0 atom stereocenters. The quantitative estimate of drug-likeness (QED) is 0.745. The van der Waals surface area contributed by atoms with Crippen LogP contribution in [0.5, 0.6) is 0 Å². The molecule has 0 bridgehead atoms. The van der Waals surface area contributed by atoms with Gasteiger partial charge in [0.1, 0.15) is 29.4 Å². The van der Waals surface area contributed by atoms with Crippen LogP contribution in [-0.4, -0.2) is 21.0 Å². The maximum absolute atomic E-state index is 13.3. The number of nitrogens with zero attached hydrogens (tertiary/aromatic N) is 3. The number of oxazole rings is 1. The molecule has 0 unspecified atom stereocenters. The molecule has 3 aromatic rings. The number of halogens is 1. The van der Waals surface area contributed by atoms with Crippen molar-refractivity contribution in [3.63, 3.8) is 0 Å². The maximum Gasteiger partial charge on any atom is 0.185 e. The van der Waals surface area contributed by atoms with E-state index in [9.17, 15) is 4.39 Å². The molecule has 0 aliphatic rings. The van der Waals surface area contributed by atoms with Crippen LogP contribution in [0.4, 0.5) is 21.7 Å². The van der Waals surface area contributed by atoms with Gasteiger partial charge in [-0.05, 0) is 32.0 Å². The van der Waals surface area contributed by atoms with E-state index in [1.807, 2.05) is 13.8 Å². The van der Waals surface area contributed by atoms with Crippen LogP contribution in [0.15, 0.2) is 47.4 Å². The van der Waals surface area contributed by atoms with Gasteiger partial charge in [0.25, 0.3) is 0 Å². The van der Waals surface area contributed by atoms with Crippen LogP contribution in [0, 0.1) is 5.82 Å². The van der Waals surface area contributed by atoms with Gasteiger partial charge in [-0.1, -0.05) is 6.07 Å². The van der Waals surface area contributed by atoms with E-state index in [1.165, 1.54) is 24.8 Å². The summed E-state index contributed by atoms with van der Waals surface area (Å²) in [5.74, 6) is 1.28. The van der Waals surface area contributed by atoms with E-state index in [-0.39, 0.29) is 11.9 Å². The Hall–Kier alpha value is -2.96. The van der Waals surface area contributed by atoms with Crippen molar-refractivity contribution in [2.24, 2.45) is 0 Å². The SMILES string of the molecule is CC(C)Nc1cc(Nc2cccc(F)c2)nc(-c2cocn2)n1. The lowest BCUT2D eigenvalue weighted by atomic mass is 10.3. The molecule has 3 rings (SSSR count). The number of hydrogen-bond acceptors (Lipinski definition) is 6. The van der Waals surface area contributed by atoms with E-state index in [2.05, 4.69) is 25.6 Å². The minimum Gasteiger partial charge on any atom is -0.451 e. The zero-order valence-electron chi connectivity index (χ0n) is 12.7. The molecule has 0 spiro atoms. The smallest absolute Gasteiger partial charge is 0.185 e. The Morgan fingerprint density at radius 2 is 1.96 bits per heavy atom. The first-order valence-corrected chi connectivity index (χ1v) is 7.17. The van der Waals surface area contributed by atoms with Gasteiger partial charge in [0.15, 0.2) is 12.2 Å². The highest BCUT2D eigenvalue weighted by Crippen LogP contribution is 2.22. The van der Waals surface area contributed by atoms with Crippen LogP contribution in [-0.2, 0) is 0 Å². The summed E-state index contributed by atoms with van der Waals surface area (Å²) in [6.07, 6.45) is 2.79. The Bertz CT molecular complexity index is 789. The lowest BCUT2D eigenvalue weighted by molar-refractivity contribution is 0.558. The van der Waals surface area contributed by atoms with Gasteiger partial charge in [-0.2, -0.15) is 0 Å². The molecule has 0 aliphatic heterocycles. The van der Waals surface area contributed by atoms with Crippen LogP contribution < -0.4 is 10.6 Å². The minimum atomic E-state index is -0.318. The minimum absolute atomic E-state index is 0.206. The second-order valence-corrected chi connectivity index (χ2v) is 5.27. The first kappa shape index (κ1) is 15.0. The van der Waals surface area contributed by atoms with Gasteiger partial charge < -0.3 is 15.1 Å². The molecule has 0 fully saturated rings. The van der Waals surface area contributed by atoms with Gasteiger partial charge in [0.05, 0.1) is 0 Å². The van der Waals surface area contributed by atoms with Gasteiger partial charge in [-0.25, -0.2) is 19.3 Å². The Balaban J connectivity index is 1.96. The summed E-state index contributed by atoms with van der Waals surface area (Å²) >= 11 is 0. The molecule has 1 aromatic carbocycles. The van der Waals surface area contributed by atoms with Crippen molar-refractivity contribution >= 4 is 17.3 Å². The molecule has 0 aliphatic carbocycles. The van der Waals surface area contributed by atoms with E-state index < -0.39 is 0 Å². The lowest BCUT2D eigenvalue weighted by Gasteiger charge is -2.12. The fraction of sp³-hybridized carbons (Fsp3) is 0.188. The number of hydrogen-bond donors (Lipinski definition) is 2. The van der Waals surface area contributed by atoms with Crippen molar-refractivity contribution < 1.29 is 8.81 Å². The van der Waals surface area contributed by atoms with Gasteiger partial charge in [-0.15, -0.1) is 0 Å². The summed E-state index contributed by atoms with van der Waals surface area (Å²) in [6, 6.07) is 8.14. The van der Waals surface area contributed by atoms with Crippen molar-refractivity contribution in [2.45, 2.75) is 19.9 Å². The van der Waals surface area contributed by atoms with Crippen molar-refractivity contribution in [3.05, 3.63) is 48.8 Å². The van der Waals surface area contributed by atoms with Crippen molar-refractivity contribution in [3.8, 4) is 11.5 Å². The third kappa shape index (κ3) is 3.82. The normalized spacial score (nSPS) is 10.8. The zero-order valence-corrected chi connectivity index (χ0v) is 12.7. The van der Waals surface area contributed by atoms with E-state index >= 15 is 0 Å². The molecule has 6 nitrogen and oxygen atoms in total. The summed E-state index contributed by atoms with van der Waals surface area (Å²) in [4.78, 5) is 12.9. The topological polar surface area (TPSA) is 75.9 Å². The molecule has 0 saturated heterocycles. The van der Waals surface area contributed by atoms with Crippen molar-refractivity contribution in [1.82, 2.24) is 15.0 Å². The number of benzene rings is 1. The molecule has 0 radical (unpaired) electrons. The number of anilines is 3. The summed E-state index contributed by atoms with van der Waals surface area (Å²) in [5.41, 5.74) is 1.13. The molecular formula is C16H16FN5O. The Morgan fingerprint density at radius 1 is 1.13 bits per heavy atom. The monoisotopic (exact) mass is 313 g/mol. The maximum atomic E-state index is 13.3. The average Bonchev–Trinajstić information content (AvgIpc) is 3.00. The third-order valence-electron chi connectivity index (χ3n) is 2.92. The Morgan fingerprint density at radius 3 is 2.65 bits per heavy atom. The Labute approximate surface area is 132 Å². The molecule has 0 saturated carbocycles. The zero-order chi connectivity index (χ0) is 16.2. The van der Waals surface area contributed by atoms with E-state index in [1.54, 1.807) is 18.2 Å². The molecule has 118 valence electrons. The standard InChI is InChI=1S/C16H16FN5O/c1-10(2)19-14-7-15(20-12-5-3-4-11(17)6-12)22-16(21-14)13-8-23-9-18-13/h3-10H,1-2H3,(H2,19,20,21,22). The highest BCUT2D eigenvalue weighted by atomic mass is 19.1. The van der Waals surface area contributed by atoms with E-state index in [4.69, 9.17) is 4.42 Å². The molecule has 23 heavy (non-hydrogen) atoms. The van der Waals surface area contributed by atoms with Gasteiger partial charge in [-0.3, -0.25) is 0 Å². The highest BCUT2D eigenvalue weighted by Gasteiger charge is 2.10. The number of nitrogens with one attached hydrogen (secondary N) is 2. The van der Waals surface area contributed by atoms with Gasteiger partial charge in [0.2, 0.25) is 0 Å². The van der Waals surface area contributed by atoms with E-state index in [0.29, 0.717) is 28.8 Å². The molecule has 2 aromatic heterocycles. The first-order chi connectivity index (χ1) is 11.1. The summed E-state index contributed by atoms with van der Waals surface area (Å²) in [6.45, 7) is 4.02. The molecular weight excluding hydrogens is 297 g/mol. The van der Waals surface area contributed by atoms with Crippen LogP contribution in [0.25, 0.3) is 11.5 Å². The van der Waals surface area contributed by atoms with Crippen LogP contribution >= 0.6 is 0 Å². The summed E-state index contributed by atoms with van der Waals surface area (Å²) in [5, 5.41) is 6.29. The largest absolute Gasteiger partial charge is 0.451 e. The van der Waals surface area contributed by atoms with Crippen LogP contribution in [0.3, 0.4) is 0 Å². The van der Waals surface area contributed by atoms with E-state index in [0.717, 1.165) is 0 Å². The second kappa shape index (κ2) is 6.43. The van der Waals surface area contributed by atoms with Crippen molar-refractivity contribution in [2.75, 3.05) is 10.6 Å². The van der Waals surface area contributed by atoms with Crippen LogP contribution in [0.2, 0.25) is 0 Å². The molecule has 7 heteroatoms. The predicted octanol–water partition coefficient (Wildman–Crippen LogP) is 3.83. The third-order valence-corrected chi connectivity index (χ3v) is 2.92. The fourth-order valence-electron chi connectivity index (χ4n) is 2.03. The highest BCUT2D eigenvalue weighted by molar-refractivity contribution is 5.63. The molecule has 2 N–H and O–H groups in total. The summed E-state index contributed by atoms with van der Waals surface area (Å²) < 4.78 is 18.3. The van der Waals surface area contributed by atoms with Gasteiger partial charge >= 0.3 is 0 Å². The fourth-order valence-corrected chi connectivity index (χ4v) is 2.03. The van der Waals surface area contributed by atoms with Crippen molar-refractivity contribution in [1.29, 1.82) is 0 Å². The Kier molecular flexibility index (Phi) is 4.18. The van der Waals surface area contributed by atoms with Crippen LogP contribution in [0.1, 0.15) is 13.8 Å². The average molecular weight is 313 g/mol. The molecule has 2 heterocycles. The van der Waals surface area contributed by atoms with Gasteiger partial charge in [0, 0.05) is 17.8 Å². The number of aromatic nitrogens is 3. The second-order valence-electron chi connectivity index (χ2n) is 5.27. The summed E-state index contributed by atoms with van der Waals surface area (Å²) in [7, 11) is 0. The first-order valence-electron chi connectivity index (χ1n) is 7.17. The predicted molar refractivity (Wildman–Crippen MR) is 86.0 cm³/mol. The number of rotatable bonds is 5. The lowest BCUT2D eigenvalue weighted by Crippen LogP contribution is -2.12. The molecule has 0 amide bonds.